The van der Waals surface area contributed by atoms with Crippen LogP contribution in [0.3, 0.4) is 0 Å². The fraction of sp³-hybridized carbons (Fsp3) is 0.421. The molecule has 0 saturated heterocycles. The van der Waals surface area contributed by atoms with Gasteiger partial charge in [0.1, 0.15) is 17.8 Å². The minimum Gasteiger partial charge on any atom is -0.508 e. The molecule has 0 radical (unpaired) electrons. The molecule has 11 nitrogen and oxygen atoms in total. The lowest BCUT2D eigenvalue weighted by Gasteiger charge is -2.21. The molecule has 2 unspecified atom stereocenters. The lowest BCUT2D eigenvalue weighted by atomic mass is 10.0. The number of carbonyl (C=O) groups excluding carboxylic acids is 2. The largest absolute Gasteiger partial charge is 0.508 e. The average Bonchev–Trinajstić information content (AvgIpc) is 2.65. The van der Waals surface area contributed by atoms with Crippen LogP contribution in [0.15, 0.2) is 24.3 Å². The second-order valence-electron chi connectivity index (χ2n) is 6.57. The first-order valence-corrected chi connectivity index (χ1v) is 9.12. The zero-order valence-electron chi connectivity index (χ0n) is 16.0. The molecule has 0 heterocycles. The fourth-order valence-corrected chi connectivity index (χ4v) is 2.54. The number of carbonyl (C=O) groups is 5. The first-order valence-electron chi connectivity index (χ1n) is 9.12. The smallest absolute Gasteiger partial charge is 0.326 e. The Morgan fingerprint density at radius 2 is 1.40 bits per heavy atom. The molecule has 2 atom stereocenters. The van der Waals surface area contributed by atoms with Gasteiger partial charge in [-0.3, -0.25) is 19.2 Å². The molecule has 11 heteroatoms. The van der Waals surface area contributed by atoms with Gasteiger partial charge in [-0.25, -0.2) is 4.79 Å². The highest BCUT2D eigenvalue weighted by atomic mass is 16.4. The van der Waals surface area contributed by atoms with Crippen molar-refractivity contribution in [2.24, 2.45) is 0 Å². The van der Waals surface area contributed by atoms with E-state index in [1.54, 1.807) is 0 Å². The number of hydrogen-bond donors (Lipinski definition) is 6. The van der Waals surface area contributed by atoms with Gasteiger partial charge in [0.25, 0.3) is 0 Å². The van der Waals surface area contributed by atoms with E-state index in [2.05, 4.69) is 10.6 Å². The normalized spacial score (nSPS) is 12.4. The topological polar surface area (TPSA) is 190 Å². The van der Waals surface area contributed by atoms with Crippen LogP contribution in [0.2, 0.25) is 0 Å². The van der Waals surface area contributed by atoms with E-state index in [9.17, 15) is 34.2 Å². The van der Waals surface area contributed by atoms with E-state index < -0.39 is 48.2 Å². The molecular weight excluding hydrogens is 400 g/mol. The average molecular weight is 424 g/mol. The summed E-state index contributed by atoms with van der Waals surface area (Å²) in [5.74, 6) is -5.13. The molecule has 164 valence electrons. The molecule has 30 heavy (non-hydrogen) atoms. The van der Waals surface area contributed by atoms with E-state index >= 15 is 0 Å². The summed E-state index contributed by atoms with van der Waals surface area (Å²) < 4.78 is 0. The molecule has 1 aromatic rings. The number of phenolic OH excluding ortho intramolecular Hbond substituents is 1. The predicted molar refractivity (Wildman–Crippen MR) is 102 cm³/mol. The molecule has 0 saturated carbocycles. The summed E-state index contributed by atoms with van der Waals surface area (Å²) in [5, 5.41) is 40.7. The molecule has 0 aliphatic carbocycles. The van der Waals surface area contributed by atoms with Crippen LogP contribution in [0.5, 0.6) is 5.75 Å². The third-order valence-electron chi connectivity index (χ3n) is 4.08. The SMILES string of the molecule is O=C(O)CCCC(=O)NC(CCC(=O)O)C(=O)NC(Cc1ccc(O)cc1)C(=O)O. The summed E-state index contributed by atoms with van der Waals surface area (Å²) in [7, 11) is 0. The number of aliphatic carboxylic acids is 3. The number of carboxylic acids is 3. The van der Waals surface area contributed by atoms with E-state index in [0.717, 1.165) is 0 Å². The van der Waals surface area contributed by atoms with Gasteiger partial charge in [0, 0.05) is 25.7 Å². The summed E-state index contributed by atoms with van der Waals surface area (Å²) in [6.45, 7) is 0. The molecule has 1 rings (SSSR count). The maximum absolute atomic E-state index is 12.5. The molecule has 2 amide bonds. The predicted octanol–water partition coefficient (Wildman–Crippen LogP) is 0.109. The van der Waals surface area contributed by atoms with Crippen molar-refractivity contribution < 1.29 is 44.4 Å². The van der Waals surface area contributed by atoms with Crippen molar-refractivity contribution in [3.05, 3.63) is 29.8 Å². The Morgan fingerprint density at radius 1 is 0.800 bits per heavy atom. The van der Waals surface area contributed by atoms with Crippen LogP contribution >= 0.6 is 0 Å². The van der Waals surface area contributed by atoms with Crippen LogP contribution in [0.4, 0.5) is 0 Å². The van der Waals surface area contributed by atoms with Crippen molar-refractivity contribution >= 4 is 29.7 Å². The van der Waals surface area contributed by atoms with Gasteiger partial charge in [-0.1, -0.05) is 12.1 Å². The Bertz CT molecular complexity index is 777. The number of nitrogens with one attached hydrogen (secondary N) is 2. The minimum absolute atomic E-state index is 0.00555. The lowest BCUT2D eigenvalue weighted by molar-refractivity contribution is -0.143. The third kappa shape index (κ3) is 9.53. The Morgan fingerprint density at radius 3 is 1.93 bits per heavy atom. The van der Waals surface area contributed by atoms with Gasteiger partial charge in [-0.15, -0.1) is 0 Å². The molecule has 0 aromatic heterocycles. The molecule has 0 bridgehead atoms. The van der Waals surface area contributed by atoms with Crippen LogP contribution in [0, 0.1) is 0 Å². The van der Waals surface area contributed by atoms with Crippen LogP contribution in [0.1, 0.15) is 37.7 Å². The molecule has 1 aromatic carbocycles. The van der Waals surface area contributed by atoms with Crippen molar-refractivity contribution in [1.82, 2.24) is 10.6 Å². The molecule has 0 spiro atoms. The fourth-order valence-electron chi connectivity index (χ4n) is 2.54. The van der Waals surface area contributed by atoms with Gasteiger partial charge < -0.3 is 31.1 Å². The van der Waals surface area contributed by atoms with E-state index in [4.69, 9.17) is 10.2 Å². The molecule has 0 fully saturated rings. The van der Waals surface area contributed by atoms with Gasteiger partial charge in [0.05, 0.1) is 0 Å². The minimum atomic E-state index is -1.35. The van der Waals surface area contributed by atoms with Crippen LogP contribution in [-0.4, -0.2) is 62.2 Å². The maximum atomic E-state index is 12.5. The quantitative estimate of drug-likeness (QED) is 0.255. The molecular formula is C19H24N2O9. The number of benzene rings is 1. The standard InChI is InChI=1S/C19H24N2O9/c22-12-6-4-11(5-7-12)10-14(19(29)30)21-18(28)13(8-9-17(26)27)20-15(23)2-1-3-16(24)25/h4-7,13-14,22H,1-3,8-10H2,(H,20,23)(H,21,28)(H,24,25)(H,26,27)(H,29,30). The summed E-state index contributed by atoms with van der Waals surface area (Å²) in [5.41, 5.74) is 0.528. The molecule has 0 aliphatic rings. The Labute approximate surface area is 171 Å². The maximum Gasteiger partial charge on any atom is 0.326 e. The number of hydrogen-bond acceptors (Lipinski definition) is 6. The van der Waals surface area contributed by atoms with Crippen molar-refractivity contribution in [2.45, 2.75) is 50.6 Å². The van der Waals surface area contributed by atoms with Crippen molar-refractivity contribution in [3.8, 4) is 5.75 Å². The van der Waals surface area contributed by atoms with Gasteiger partial charge in [0.15, 0.2) is 0 Å². The van der Waals surface area contributed by atoms with E-state index in [-0.39, 0.29) is 37.9 Å². The summed E-state index contributed by atoms with van der Waals surface area (Å²) in [6.07, 6.45) is -1.20. The highest BCUT2D eigenvalue weighted by molar-refractivity contribution is 5.90. The molecule has 6 N–H and O–H groups in total. The first-order chi connectivity index (χ1) is 14.1. The van der Waals surface area contributed by atoms with Crippen LogP contribution in [0.25, 0.3) is 0 Å². The van der Waals surface area contributed by atoms with Crippen molar-refractivity contribution in [3.63, 3.8) is 0 Å². The first kappa shape index (κ1) is 24.4. The second kappa shape index (κ2) is 12.0. The second-order valence-corrected chi connectivity index (χ2v) is 6.57. The number of carboxylic acid groups (broad SMARTS) is 3. The Hall–Kier alpha value is -3.63. The van der Waals surface area contributed by atoms with E-state index in [1.807, 2.05) is 0 Å². The highest BCUT2D eigenvalue weighted by Crippen LogP contribution is 2.12. The van der Waals surface area contributed by atoms with Gasteiger partial charge in [-0.2, -0.15) is 0 Å². The number of phenols is 1. The number of rotatable bonds is 13. The van der Waals surface area contributed by atoms with Crippen LogP contribution < -0.4 is 10.6 Å². The van der Waals surface area contributed by atoms with Gasteiger partial charge in [0.2, 0.25) is 11.8 Å². The van der Waals surface area contributed by atoms with E-state index in [1.165, 1.54) is 24.3 Å². The third-order valence-corrected chi connectivity index (χ3v) is 4.08. The zero-order valence-corrected chi connectivity index (χ0v) is 16.0. The molecule has 0 aliphatic heterocycles. The highest BCUT2D eigenvalue weighted by Gasteiger charge is 2.27. The number of amides is 2. The Kier molecular flexibility index (Phi) is 9.80. The summed E-state index contributed by atoms with van der Waals surface area (Å²) in [6, 6.07) is 3.07. The van der Waals surface area contributed by atoms with Gasteiger partial charge in [-0.05, 0) is 30.5 Å². The monoisotopic (exact) mass is 424 g/mol. The van der Waals surface area contributed by atoms with Crippen LogP contribution in [-0.2, 0) is 30.4 Å². The summed E-state index contributed by atoms with van der Waals surface area (Å²) >= 11 is 0. The summed E-state index contributed by atoms with van der Waals surface area (Å²) in [4.78, 5) is 57.3. The van der Waals surface area contributed by atoms with Crippen molar-refractivity contribution in [2.75, 3.05) is 0 Å². The van der Waals surface area contributed by atoms with Gasteiger partial charge >= 0.3 is 17.9 Å². The zero-order chi connectivity index (χ0) is 22.7. The lowest BCUT2D eigenvalue weighted by Crippen LogP contribution is -2.52. The Balaban J connectivity index is 2.79. The van der Waals surface area contributed by atoms with Crippen molar-refractivity contribution in [1.29, 1.82) is 0 Å². The van der Waals surface area contributed by atoms with E-state index in [0.29, 0.717) is 5.56 Å². The number of aromatic hydroxyl groups is 1.